The number of aryl methyl sites for hydroxylation is 1. The Balaban J connectivity index is 1.54. The number of nitrogens with one attached hydrogen (secondary N) is 1. The number of methoxy groups -OCH3 is 1. The lowest BCUT2D eigenvalue weighted by molar-refractivity contribution is -0.144. The summed E-state index contributed by atoms with van der Waals surface area (Å²) in [6.07, 6.45) is 0.796. The van der Waals surface area contributed by atoms with E-state index in [-0.39, 0.29) is 36.5 Å². The molecule has 0 spiro atoms. The van der Waals surface area contributed by atoms with Crippen LogP contribution in [0.1, 0.15) is 32.6 Å². The fraction of sp³-hybridized carbons (Fsp3) is 0.259. The first-order valence-corrected chi connectivity index (χ1v) is 11.0. The number of hydrogen-bond acceptors (Lipinski definition) is 4. The molecular formula is C27H26FNO5. The van der Waals surface area contributed by atoms with Crippen LogP contribution in [0.3, 0.4) is 0 Å². The Morgan fingerprint density at radius 1 is 1.06 bits per heavy atom. The second-order valence-electron chi connectivity index (χ2n) is 8.51. The molecule has 0 bridgehead atoms. The summed E-state index contributed by atoms with van der Waals surface area (Å²) in [4.78, 5) is 25.2. The molecule has 1 aliphatic rings. The van der Waals surface area contributed by atoms with E-state index in [9.17, 15) is 14.7 Å². The molecule has 0 unspecified atom stereocenters. The van der Waals surface area contributed by atoms with Crippen molar-refractivity contribution in [1.29, 1.82) is 0 Å². The highest BCUT2D eigenvalue weighted by Crippen LogP contribution is 2.34. The molecule has 3 aromatic carbocycles. The maximum Gasteiger partial charge on any atom is 0.330 e. The number of fused-ring (bicyclic) bond motifs is 1. The molecule has 34 heavy (non-hydrogen) atoms. The van der Waals surface area contributed by atoms with Gasteiger partial charge in [-0.2, -0.15) is 0 Å². The third-order valence-electron chi connectivity index (χ3n) is 6.11. The predicted octanol–water partition coefficient (Wildman–Crippen LogP) is 4.12. The molecule has 4 rings (SSSR count). The predicted molar refractivity (Wildman–Crippen MR) is 125 cm³/mol. The summed E-state index contributed by atoms with van der Waals surface area (Å²) in [6.45, 7) is 2.16. The van der Waals surface area contributed by atoms with Crippen molar-refractivity contribution in [2.45, 2.75) is 31.7 Å². The van der Waals surface area contributed by atoms with Crippen molar-refractivity contribution in [2.24, 2.45) is 0 Å². The molecule has 0 atom stereocenters. The molecule has 0 radical (unpaired) electrons. The van der Waals surface area contributed by atoms with Crippen molar-refractivity contribution in [2.75, 3.05) is 13.7 Å². The average Bonchev–Trinajstić information content (AvgIpc) is 3.19. The second kappa shape index (κ2) is 9.55. The molecule has 1 amide bonds. The van der Waals surface area contributed by atoms with Crippen LogP contribution < -0.4 is 14.8 Å². The van der Waals surface area contributed by atoms with Crippen LogP contribution in [0, 0.1) is 12.7 Å². The van der Waals surface area contributed by atoms with Crippen molar-refractivity contribution in [3.05, 3.63) is 94.3 Å². The molecule has 7 heteroatoms. The van der Waals surface area contributed by atoms with Crippen LogP contribution in [-0.4, -0.2) is 36.2 Å². The van der Waals surface area contributed by atoms with E-state index in [1.165, 1.54) is 19.2 Å². The van der Waals surface area contributed by atoms with E-state index in [4.69, 9.17) is 9.47 Å². The zero-order chi connectivity index (χ0) is 24.3. The third kappa shape index (κ3) is 4.59. The van der Waals surface area contributed by atoms with Crippen LogP contribution in [0.4, 0.5) is 4.39 Å². The molecule has 6 nitrogen and oxygen atoms in total. The van der Waals surface area contributed by atoms with Gasteiger partial charge >= 0.3 is 5.97 Å². The van der Waals surface area contributed by atoms with E-state index in [0.717, 1.165) is 22.3 Å². The van der Waals surface area contributed by atoms with E-state index in [2.05, 4.69) is 5.32 Å². The molecule has 0 fully saturated rings. The van der Waals surface area contributed by atoms with Gasteiger partial charge in [0, 0.05) is 19.3 Å². The van der Waals surface area contributed by atoms with E-state index in [1.54, 1.807) is 0 Å². The molecule has 0 saturated heterocycles. The lowest BCUT2D eigenvalue weighted by Gasteiger charge is -2.26. The van der Waals surface area contributed by atoms with E-state index in [1.807, 2.05) is 55.5 Å². The van der Waals surface area contributed by atoms with Crippen molar-refractivity contribution >= 4 is 11.9 Å². The molecule has 0 heterocycles. The number of amides is 1. The van der Waals surface area contributed by atoms with Gasteiger partial charge in [0.15, 0.2) is 17.3 Å². The lowest BCUT2D eigenvalue weighted by atomic mass is 9.95. The van der Waals surface area contributed by atoms with Gasteiger partial charge in [0.05, 0.1) is 19.3 Å². The highest BCUT2D eigenvalue weighted by molar-refractivity contribution is 5.99. The summed E-state index contributed by atoms with van der Waals surface area (Å²) in [6, 6.07) is 17.9. The number of benzene rings is 3. The lowest BCUT2D eigenvalue weighted by Crippen LogP contribution is -2.55. The van der Waals surface area contributed by atoms with E-state index in [0.29, 0.717) is 6.42 Å². The first-order chi connectivity index (χ1) is 16.3. The van der Waals surface area contributed by atoms with Gasteiger partial charge in [-0.3, -0.25) is 4.79 Å². The summed E-state index contributed by atoms with van der Waals surface area (Å²) >= 11 is 0. The van der Waals surface area contributed by atoms with Crippen LogP contribution in [0.5, 0.6) is 11.5 Å². The fourth-order valence-corrected chi connectivity index (χ4v) is 4.34. The van der Waals surface area contributed by atoms with Crippen molar-refractivity contribution < 1.29 is 28.6 Å². The van der Waals surface area contributed by atoms with Gasteiger partial charge in [0.25, 0.3) is 5.91 Å². The first-order valence-electron chi connectivity index (χ1n) is 11.0. The summed E-state index contributed by atoms with van der Waals surface area (Å²) in [5.41, 5.74) is 2.00. The molecular weight excluding hydrogens is 437 g/mol. The zero-order valence-electron chi connectivity index (χ0n) is 19.1. The van der Waals surface area contributed by atoms with Crippen LogP contribution in [0.2, 0.25) is 0 Å². The van der Waals surface area contributed by atoms with Gasteiger partial charge in [-0.1, -0.05) is 54.1 Å². The van der Waals surface area contributed by atoms with Gasteiger partial charge in [0.1, 0.15) is 5.54 Å². The highest BCUT2D eigenvalue weighted by atomic mass is 19.1. The standard InChI is InChI=1S/C27H26FNO5/c1-17-6-5-7-18(14-17)12-13-34-24-22(33-2)11-10-21(23(24)28)25(30)29-27(26(31)32)15-19-8-3-4-9-20(19)16-27/h3-11,14H,12-13,15-16H2,1-2H3,(H,29,30)(H,31,32). The minimum Gasteiger partial charge on any atom is -0.493 e. The number of carbonyl (C=O) groups excluding carboxylic acids is 1. The molecule has 0 aromatic heterocycles. The number of rotatable bonds is 8. The minimum atomic E-state index is -1.54. The average molecular weight is 464 g/mol. The zero-order valence-corrected chi connectivity index (χ0v) is 19.1. The fourth-order valence-electron chi connectivity index (χ4n) is 4.34. The van der Waals surface area contributed by atoms with Crippen molar-refractivity contribution in [3.63, 3.8) is 0 Å². The maximum atomic E-state index is 15.4. The number of hydrogen-bond donors (Lipinski definition) is 2. The molecule has 0 aliphatic heterocycles. The monoisotopic (exact) mass is 463 g/mol. The maximum absolute atomic E-state index is 15.4. The topological polar surface area (TPSA) is 84.9 Å². The number of carboxylic acid groups (broad SMARTS) is 1. The van der Waals surface area contributed by atoms with Crippen molar-refractivity contribution in [3.8, 4) is 11.5 Å². The Bertz CT molecular complexity index is 1210. The number of carboxylic acids is 1. The Morgan fingerprint density at radius 2 is 1.76 bits per heavy atom. The Morgan fingerprint density at radius 3 is 2.38 bits per heavy atom. The number of carbonyl (C=O) groups is 2. The quantitative estimate of drug-likeness (QED) is 0.525. The molecule has 176 valence electrons. The van der Waals surface area contributed by atoms with E-state index >= 15 is 4.39 Å². The SMILES string of the molecule is COc1ccc(C(=O)NC2(C(=O)O)Cc3ccccc3C2)c(F)c1OCCc1cccc(C)c1. The smallest absolute Gasteiger partial charge is 0.330 e. The van der Waals surface area contributed by atoms with Gasteiger partial charge in [-0.05, 0) is 35.7 Å². The Kier molecular flexibility index (Phi) is 6.54. The third-order valence-corrected chi connectivity index (χ3v) is 6.11. The first kappa shape index (κ1) is 23.3. The number of halogens is 1. The van der Waals surface area contributed by atoms with Gasteiger partial charge in [-0.15, -0.1) is 0 Å². The number of aliphatic carboxylic acids is 1. The van der Waals surface area contributed by atoms with Gasteiger partial charge in [-0.25, -0.2) is 9.18 Å². The normalized spacial score (nSPS) is 13.7. The molecule has 2 N–H and O–H groups in total. The summed E-state index contributed by atoms with van der Waals surface area (Å²) in [7, 11) is 1.39. The van der Waals surface area contributed by atoms with Crippen LogP contribution in [0.25, 0.3) is 0 Å². The molecule has 1 aliphatic carbocycles. The van der Waals surface area contributed by atoms with Crippen LogP contribution in [-0.2, 0) is 24.1 Å². The Hall–Kier alpha value is -3.87. The second-order valence-corrected chi connectivity index (χ2v) is 8.51. The Labute approximate surface area is 197 Å². The molecule has 3 aromatic rings. The van der Waals surface area contributed by atoms with Crippen LogP contribution >= 0.6 is 0 Å². The van der Waals surface area contributed by atoms with Crippen molar-refractivity contribution in [1.82, 2.24) is 5.32 Å². The van der Waals surface area contributed by atoms with E-state index < -0.39 is 23.2 Å². The van der Waals surface area contributed by atoms with Gasteiger partial charge < -0.3 is 19.9 Å². The summed E-state index contributed by atoms with van der Waals surface area (Å²) < 4.78 is 26.3. The number of ether oxygens (including phenoxy) is 2. The van der Waals surface area contributed by atoms with Gasteiger partial charge in [0.2, 0.25) is 0 Å². The highest BCUT2D eigenvalue weighted by Gasteiger charge is 2.45. The summed E-state index contributed by atoms with van der Waals surface area (Å²) in [5.74, 6) is -2.90. The minimum absolute atomic E-state index is 0.127. The summed E-state index contributed by atoms with van der Waals surface area (Å²) in [5, 5.41) is 12.5. The largest absolute Gasteiger partial charge is 0.493 e. The molecule has 0 saturated carbocycles. The van der Waals surface area contributed by atoms with Crippen LogP contribution in [0.15, 0.2) is 60.7 Å².